The van der Waals surface area contributed by atoms with Gasteiger partial charge >= 0.3 is 5.97 Å². The first kappa shape index (κ1) is 18.1. The minimum atomic E-state index is -0.426. The van der Waals surface area contributed by atoms with Crippen LogP contribution in [-0.2, 0) is 4.74 Å². The summed E-state index contributed by atoms with van der Waals surface area (Å²) in [6.07, 6.45) is 8.99. The molecule has 0 spiro atoms. The number of carbonyl (C=O) groups is 1. The van der Waals surface area contributed by atoms with E-state index in [9.17, 15) is 4.79 Å². The lowest BCUT2D eigenvalue weighted by molar-refractivity contribution is 0.0594. The van der Waals surface area contributed by atoms with E-state index < -0.39 is 5.97 Å². The molecular formula is C22H24N2O2. The Hall–Kier alpha value is -2.75. The van der Waals surface area contributed by atoms with Gasteiger partial charge < -0.3 is 4.74 Å². The first-order chi connectivity index (χ1) is 12.6. The van der Waals surface area contributed by atoms with Crippen molar-refractivity contribution in [3.05, 3.63) is 76.2 Å². The summed E-state index contributed by atoms with van der Waals surface area (Å²) in [6.45, 7) is 4.26. The highest BCUT2D eigenvalue weighted by molar-refractivity contribution is 5.87. The molecule has 2 aromatic rings. The van der Waals surface area contributed by atoms with Gasteiger partial charge in [0.25, 0.3) is 0 Å². The van der Waals surface area contributed by atoms with Gasteiger partial charge in [0.05, 0.1) is 13.0 Å². The van der Waals surface area contributed by atoms with Gasteiger partial charge in [0, 0.05) is 18.1 Å². The lowest BCUT2D eigenvalue weighted by atomic mass is 9.84. The molecule has 1 aromatic heterocycles. The van der Waals surface area contributed by atoms with Gasteiger partial charge in [-0.05, 0) is 67.5 Å². The van der Waals surface area contributed by atoms with E-state index in [0.717, 1.165) is 30.5 Å². The van der Waals surface area contributed by atoms with Crippen molar-refractivity contribution in [3.8, 4) is 0 Å². The molecule has 1 aliphatic heterocycles. The number of aliphatic imine (C=N–C) groups is 1. The van der Waals surface area contributed by atoms with Crippen LogP contribution < -0.4 is 0 Å². The molecule has 0 N–H and O–H groups in total. The molecule has 0 fully saturated rings. The molecule has 0 amide bonds. The number of carbonyl (C=O) groups excluding carboxylic acids is 1. The number of methoxy groups -OCH3 is 1. The zero-order valence-corrected chi connectivity index (χ0v) is 15.5. The molecule has 134 valence electrons. The van der Waals surface area contributed by atoms with E-state index in [1.165, 1.54) is 23.8 Å². The Bertz CT molecular complexity index is 868. The number of rotatable bonds is 4. The number of aromatic nitrogens is 1. The van der Waals surface area contributed by atoms with Gasteiger partial charge in [-0.1, -0.05) is 24.3 Å². The Labute approximate surface area is 154 Å². The summed E-state index contributed by atoms with van der Waals surface area (Å²) in [6, 6.07) is 10.1. The van der Waals surface area contributed by atoms with Crippen molar-refractivity contribution in [2.24, 2.45) is 4.99 Å². The van der Waals surface area contributed by atoms with Crippen LogP contribution in [0.2, 0.25) is 0 Å². The fourth-order valence-electron chi connectivity index (χ4n) is 3.31. The van der Waals surface area contributed by atoms with Crippen molar-refractivity contribution in [1.29, 1.82) is 0 Å². The van der Waals surface area contributed by atoms with Gasteiger partial charge in [-0.3, -0.25) is 4.99 Å². The summed E-state index contributed by atoms with van der Waals surface area (Å²) in [7, 11) is 1.37. The lowest BCUT2D eigenvalue weighted by Gasteiger charge is -2.22. The molecule has 0 bridgehead atoms. The third kappa shape index (κ3) is 3.74. The van der Waals surface area contributed by atoms with Gasteiger partial charge in [0.15, 0.2) is 0 Å². The molecule has 2 heterocycles. The first-order valence-corrected chi connectivity index (χ1v) is 8.94. The van der Waals surface area contributed by atoms with Gasteiger partial charge in [0.2, 0.25) is 0 Å². The van der Waals surface area contributed by atoms with Crippen LogP contribution in [0.5, 0.6) is 0 Å². The fraction of sp³-hybridized carbons (Fsp3) is 0.318. The largest absolute Gasteiger partial charge is 0.464 e. The SMILES string of the molecule is COC(=O)c1cc(C(C2=CCCCC=N2)c2cccc(C)c2C)ccn1. The van der Waals surface area contributed by atoms with Crippen LogP contribution in [0.4, 0.5) is 0 Å². The quantitative estimate of drug-likeness (QED) is 0.749. The predicted molar refractivity (Wildman–Crippen MR) is 104 cm³/mol. The second-order valence-corrected chi connectivity index (χ2v) is 6.56. The molecule has 1 atom stereocenters. The Kier molecular flexibility index (Phi) is 5.61. The Morgan fingerprint density at radius 2 is 2.04 bits per heavy atom. The third-order valence-corrected chi connectivity index (χ3v) is 4.90. The molecule has 0 radical (unpaired) electrons. The van der Waals surface area contributed by atoms with E-state index in [-0.39, 0.29) is 5.92 Å². The maximum Gasteiger partial charge on any atom is 0.356 e. The third-order valence-electron chi connectivity index (χ3n) is 4.90. The summed E-state index contributed by atoms with van der Waals surface area (Å²) in [5, 5.41) is 0. The number of nitrogens with zero attached hydrogens (tertiary/aromatic N) is 2. The van der Waals surface area contributed by atoms with Gasteiger partial charge in [-0.2, -0.15) is 0 Å². The molecule has 26 heavy (non-hydrogen) atoms. The molecular weight excluding hydrogens is 324 g/mol. The van der Waals surface area contributed by atoms with Crippen molar-refractivity contribution in [2.75, 3.05) is 7.11 Å². The van der Waals surface area contributed by atoms with Gasteiger partial charge in [-0.15, -0.1) is 0 Å². The summed E-state index contributed by atoms with van der Waals surface area (Å²) in [5.74, 6) is -0.458. The average molecular weight is 348 g/mol. The van der Waals surface area contributed by atoms with E-state index in [2.05, 4.69) is 43.1 Å². The predicted octanol–water partition coefficient (Wildman–Crippen LogP) is 4.76. The van der Waals surface area contributed by atoms with E-state index >= 15 is 0 Å². The summed E-state index contributed by atoms with van der Waals surface area (Å²) < 4.78 is 4.84. The van der Waals surface area contributed by atoms with Crippen LogP contribution in [0.15, 0.2) is 53.3 Å². The van der Waals surface area contributed by atoms with Crippen LogP contribution in [0.3, 0.4) is 0 Å². The molecule has 4 heteroatoms. The highest BCUT2D eigenvalue weighted by Gasteiger charge is 2.23. The number of ether oxygens (including phenoxy) is 1. The van der Waals surface area contributed by atoms with Crippen molar-refractivity contribution < 1.29 is 9.53 Å². The highest BCUT2D eigenvalue weighted by Crippen LogP contribution is 2.36. The molecule has 3 rings (SSSR count). The van der Waals surface area contributed by atoms with Crippen molar-refractivity contribution in [1.82, 2.24) is 4.98 Å². The number of benzene rings is 1. The molecule has 0 aliphatic carbocycles. The Morgan fingerprint density at radius 3 is 2.85 bits per heavy atom. The minimum absolute atomic E-state index is 0.0318. The number of esters is 1. The van der Waals surface area contributed by atoms with Crippen LogP contribution in [0.25, 0.3) is 0 Å². The van der Waals surface area contributed by atoms with Crippen LogP contribution >= 0.6 is 0 Å². The van der Waals surface area contributed by atoms with E-state index in [1.54, 1.807) is 6.20 Å². The second-order valence-electron chi connectivity index (χ2n) is 6.56. The number of aryl methyl sites for hydroxylation is 1. The molecule has 0 saturated heterocycles. The number of allylic oxidation sites excluding steroid dienone is 2. The minimum Gasteiger partial charge on any atom is -0.464 e. The average Bonchev–Trinajstić information content (AvgIpc) is 2.94. The number of hydrogen-bond donors (Lipinski definition) is 0. The smallest absolute Gasteiger partial charge is 0.356 e. The van der Waals surface area contributed by atoms with Gasteiger partial charge in [-0.25, -0.2) is 9.78 Å². The van der Waals surface area contributed by atoms with Crippen molar-refractivity contribution >= 4 is 12.2 Å². The van der Waals surface area contributed by atoms with Crippen LogP contribution in [-0.4, -0.2) is 24.3 Å². The van der Waals surface area contributed by atoms with Crippen molar-refractivity contribution in [3.63, 3.8) is 0 Å². The topological polar surface area (TPSA) is 51.5 Å². The first-order valence-electron chi connectivity index (χ1n) is 8.94. The molecule has 1 aliphatic rings. The van der Waals surface area contributed by atoms with Crippen molar-refractivity contribution in [2.45, 2.75) is 39.0 Å². The van der Waals surface area contributed by atoms with Crippen LogP contribution in [0.1, 0.15) is 57.9 Å². The zero-order valence-electron chi connectivity index (χ0n) is 15.5. The monoisotopic (exact) mass is 348 g/mol. The van der Waals surface area contributed by atoms with E-state index in [0.29, 0.717) is 5.69 Å². The second kappa shape index (κ2) is 8.09. The molecule has 1 aromatic carbocycles. The fourth-order valence-corrected chi connectivity index (χ4v) is 3.31. The summed E-state index contributed by atoms with van der Waals surface area (Å²) in [5.41, 5.74) is 6.04. The summed E-state index contributed by atoms with van der Waals surface area (Å²) in [4.78, 5) is 20.8. The lowest BCUT2D eigenvalue weighted by Crippen LogP contribution is -2.10. The molecule has 1 unspecified atom stereocenters. The van der Waals surface area contributed by atoms with Crippen LogP contribution in [0, 0.1) is 13.8 Å². The van der Waals surface area contributed by atoms with E-state index in [1.807, 2.05) is 18.3 Å². The van der Waals surface area contributed by atoms with E-state index in [4.69, 9.17) is 9.73 Å². The Balaban J connectivity index is 2.17. The standard InChI is InChI=1S/C22H24N2O2/c1-15-8-7-9-18(16(15)2)21(19-10-5-4-6-12-23-19)17-11-13-24-20(14-17)22(25)26-3/h7-14,21H,4-6H2,1-3H3. The maximum atomic E-state index is 11.9. The molecule has 0 saturated carbocycles. The number of hydrogen-bond acceptors (Lipinski definition) is 4. The normalized spacial score (nSPS) is 15.1. The highest BCUT2D eigenvalue weighted by atomic mass is 16.5. The Morgan fingerprint density at radius 1 is 1.19 bits per heavy atom. The number of pyridine rings is 1. The molecule has 4 nitrogen and oxygen atoms in total. The zero-order chi connectivity index (χ0) is 18.5. The summed E-state index contributed by atoms with van der Waals surface area (Å²) >= 11 is 0. The maximum absolute atomic E-state index is 11.9. The van der Waals surface area contributed by atoms with Gasteiger partial charge in [0.1, 0.15) is 5.69 Å².